The van der Waals surface area contributed by atoms with Crippen LogP contribution in [0.2, 0.25) is 0 Å². The van der Waals surface area contributed by atoms with Gasteiger partial charge in [-0.05, 0) is 11.8 Å². The molecule has 0 aromatic heterocycles. The fourth-order valence-corrected chi connectivity index (χ4v) is 1.99. The van der Waals surface area contributed by atoms with Gasteiger partial charge in [0.15, 0.2) is 0 Å². The van der Waals surface area contributed by atoms with Crippen LogP contribution in [0.25, 0.3) is 0 Å². The highest BCUT2D eigenvalue weighted by atomic mass is 32.2. The van der Waals surface area contributed by atoms with E-state index in [1.165, 1.54) is 11.5 Å². The van der Waals surface area contributed by atoms with Crippen molar-refractivity contribution < 1.29 is 0 Å². The molecule has 3 heteroatoms. The van der Waals surface area contributed by atoms with Crippen molar-refractivity contribution in [1.82, 2.24) is 4.13 Å². The van der Waals surface area contributed by atoms with Crippen LogP contribution in [-0.2, 0) is 0 Å². The summed E-state index contributed by atoms with van der Waals surface area (Å²) in [6, 6.07) is 0. The molecule has 0 spiro atoms. The molecule has 0 heterocycles. The zero-order valence-electron chi connectivity index (χ0n) is 7.89. The van der Waals surface area contributed by atoms with Crippen molar-refractivity contribution in [1.29, 1.82) is 0 Å². The van der Waals surface area contributed by atoms with Gasteiger partial charge in [0.1, 0.15) is 0 Å². The van der Waals surface area contributed by atoms with Crippen LogP contribution < -0.4 is 4.13 Å². The lowest BCUT2D eigenvalue weighted by Gasteiger charge is -2.06. The van der Waals surface area contributed by atoms with E-state index < -0.39 is 0 Å². The fraction of sp³-hybridized carbons (Fsp3) is 1.00. The molecule has 0 saturated heterocycles. The molecule has 68 valence electrons. The molecular weight excluding hydrogens is 174 g/mol. The van der Waals surface area contributed by atoms with Crippen LogP contribution >= 0.6 is 23.9 Å². The molecule has 0 rings (SSSR count). The molecule has 0 saturated carbocycles. The summed E-state index contributed by atoms with van der Waals surface area (Å²) in [5.41, 5.74) is 0. The molecule has 11 heavy (non-hydrogen) atoms. The van der Waals surface area contributed by atoms with Crippen molar-refractivity contribution in [3.63, 3.8) is 0 Å². The van der Waals surface area contributed by atoms with Crippen molar-refractivity contribution in [2.75, 3.05) is 11.5 Å². The van der Waals surface area contributed by atoms with E-state index in [0.29, 0.717) is 0 Å². The van der Waals surface area contributed by atoms with Crippen molar-refractivity contribution >= 4 is 23.9 Å². The Morgan fingerprint density at radius 1 is 0.909 bits per heavy atom. The van der Waals surface area contributed by atoms with Crippen LogP contribution in [0.3, 0.4) is 0 Å². The zero-order chi connectivity index (χ0) is 8.69. The summed E-state index contributed by atoms with van der Waals surface area (Å²) < 4.78 is 3.28. The number of nitrogens with one attached hydrogen (secondary N) is 1. The number of hydrogen-bond acceptors (Lipinski definition) is 3. The number of hydrogen-bond donors (Lipinski definition) is 1. The Morgan fingerprint density at radius 2 is 1.27 bits per heavy atom. The van der Waals surface area contributed by atoms with Crippen LogP contribution in [0.15, 0.2) is 0 Å². The van der Waals surface area contributed by atoms with Crippen molar-refractivity contribution in [3.05, 3.63) is 0 Å². The summed E-state index contributed by atoms with van der Waals surface area (Å²) in [6.07, 6.45) is 0. The first-order valence-corrected chi connectivity index (χ1v) is 6.08. The number of rotatable bonds is 6. The lowest BCUT2D eigenvalue weighted by Crippen LogP contribution is -2.01. The molecule has 0 atom stereocenters. The summed E-state index contributed by atoms with van der Waals surface area (Å²) in [5.74, 6) is 3.97. The Kier molecular flexibility index (Phi) is 7.76. The largest absolute Gasteiger partial charge is 0.208 e. The summed E-state index contributed by atoms with van der Waals surface area (Å²) in [7, 11) is 0. The van der Waals surface area contributed by atoms with Crippen molar-refractivity contribution in [3.8, 4) is 0 Å². The predicted octanol–water partition coefficient (Wildman–Crippen LogP) is 3.18. The molecule has 0 unspecified atom stereocenters. The second kappa shape index (κ2) is 7.32. The molecule has 0 fully saturated rings. The third-order valence-electron chi connectivity index (χ3n) is 0.951. The van der Waals surface area contributed by atoms with E-state index in [2.05, 4.69) is 31.8 Å². The fourth-order valence-electron chi connectivity index (χ4n) is 0.443. The minimum absolute atomic E-state index is 0.784. The average molecular weight is 193 g/mol. The van der Waals surface area contributed by atoms with Gasteiger partial charge in [-0.3, -0.25) is 0 Å². The molecule has 0 aromatic carbocycles. The SMILES string of the molecule is CC(C)CSNSCC(C)C. The van der Waals surface area contributed by atoms with E-state index >= 15 is 0 Å². The lowest BCUT2D eigenvalue weighted by molar-refractivity contribution is 0.747. The Balaban J connectivity index is 2.91. The molecule has 1 N–H and O–H groups in total. The van der Waals surface area contributed by atoms with Gasteiger partial charge in [0.25, 0.3) is 0 Å². The highest BCUT2D eigenvalue weighted by Crippen LogP contribution is 2.10. The molecule has 0 amide bonds. The quantitative estimate of drug-likeness (QED) is 0.514. The van der Waals surface area contributed by atoms with E-state index in [-0.39, 0.29) is 0 Å². The normalized spacial score (nSPS) is 11.5. The smallest absolute Gasteiger partial charge is 0.0110 e. The van der Waals surface area contributed by atoms with Gasteiger partial charge in [-0.25, -0.2) is 4.13 Å². The van der Waals surface area contributed by atoms with Crippen molar-refractivity contribution in [2.24, 2.45) is 11.8 Å². The van der Waals surface area contributed by atoms with E-state index in [9.17, 15) is 0 Å². The summed E-state index contributed by atoms with van der Waals surface area (Å²) in [6.45, 7) is 8.95. The van der Waals surface area contributed by atoms with Crippen LogP contribution in [0.4, 0.5) is 0 Å². The van der Waals surface area contributed by atoms with Crippen LogP contribution in [0, 0.1) is 11.8 Å². The highest BCUT2D eigenvalue weighted by molar-refractivity contribution is 8.12. The van der Waals surface area contributed by atoms with Crippen LogP contribution in [0.1, 0.15) is 27.7 Å². The van der Waals surface area contributed by atoms with Gasteiger partial charge in [-0.15, -0.1) is 0 Å². The first-order chi connectivity index (χ1) is 5.13. The highest BCUT2D eigenvalue weighted by Gasteiger charge is 1.95. The van der Waals surface area contributed by atoms with E-state index in [1.54, 1.807) is 0 Å². The standard InChI is InChI=1S/C8H19NS2/c1-7(2)5-10-9-11-6-8(3)4/h7-9H,5-6H2,1-4H3. The second-order valence-electron chi connectivity index (χ2n) is 3.49. The molecule has 0 radical (unpaired) electrons. The Bertz CT molecular complexity index is 74.2. The predicted molar refractivity (Wildman–Crippen MR) is 57.7 cm³/mol. The molecule has 0 aliphatic heterocycles. The van der Waals surface area contributed by atoms with E-state index in [0.717, 1.165) is 11.8 Å². The maximum Gasteiger partial charge on any atom is 0.0110 e. The first-order valence-electron chi connectivity index (χ1n) is 4.11. The average Bonchev–Trinajstić information content (AvgIpc) is 1.85. The lowest BCUT2D eigenvalue weighted by atomic mass is 10.3. The topological polar surface area (TPSA) is 12.0 Å². The molecule has 0 bridgehead atoms. The molecule has 0 aromatic rings. The van der Waals surface area contributed by atoms with Gasteiger partial charge < -0.3 is 0 Å². The van der Waals surface area contributed by atoms with Gasteiger partial charge in [0, 0.05) is 11.5 Å². The van der Waals surface area contributed by atoms with Crippen molar-refractivity contribution in [2.45, 2.75) is 27.7 Å². The van der Waals surface area contributed by atoms with Crippen LogP contribution in [0.5, 0.6) is 0 Å². The Hall–Kier alpha value is 0.660. The molecule has 0 aliphatic rings. The van der Waals surface area contributed by atoms with Gasteiger partial charge >= 0.3 is 0 Å². The Labute approximate surface area is 79.4 Å². The Morgan fingerprint density at radius 3 is 1.55 bits per heavy atom. The van der Waals surface area contributed by atoms with E-state index in [4.69, 9.17) is 0 Å². The maximum absolute atomic E-state index is 3.28. The zero-order valence-corrected chi connectivity index (χ0v) is 9.52. The minimum atomic E-state index is 0.784. The second-order valence-corrected chi connectivity index (χ2v) is 5.40. The summed E-state index contributed by atoms with van der Waals surface area (Å²) in [5, 5.41) is 0. The van der Waals surface area contributed by atoms with Gasteiger partial charge in [0.05, 0.1) is 0 Å². The summed E-state index contributed by atoms with van der Waals surface area (Å²) >= 11 is 3.63. The summed E-state index contributed by atoms with van der Waals surface area (Å²) in [4.78, 5) is 0. The molecular formula is C8H19NS2. The van der Waals surface area contributed by atoms with Gasteiger partial charge in [0.2, 0.25) is 0 Å². The minimum Gasteiger partial charge on any atom is -0.208 e. The van der Waals surface area contributed by atoms with E-state index in [1.807, 2.05) is 23.9 Å². The molecule has 0 aliphatic carbocycles. The third-order valence-corrected chi connectivity index (χ3v) is 3.56. The molecule has 1 nitrogen and oxygen atoms in total. The maximum atomic E-state index is 3.28. The third kappa shape index (κ3) is 10.7. The monoisotopic (exact) mass is 193 g/mol. The van der Waals surface area contributed by atoms with Gasteiger partial charge in [-0.2, -0.15) is 0 Å². The first kappa shape index (κ1) is 11.7. The van der Waals surface area contributed by atoms with Gasteiger partial charge in [-0.1, -0.05) is 51.6 Å². The van der Waals surface area contributed by atoms with Crippen LogP contribution in [-0.4, -0.2) is 11.5 Å².